The summed E-state index contributed by atoms with van der Waals surface area (Å²) < 4.78 is 5.38. The third-order valence-electron chi connectivity index (χ3n) is 3.24. The molecule has 0 aromatic carbocycles. The molecule has 0 aliphatic heterocycles. The van der Waals surface area contributed by atoms with Crippen molar-refractivity contribution in [2.45, 2.75) is 45.8 Å². The van der Waals surface area contributed by atoms with E-state index in [1.807, 2.05) is 11.8 Å². The zero-order valence-electron chi connectivity index (χ0n) is 12.6. The number of nitrogens with zero attached hydrogens (tertiary/aromatic N) is 2. The molecule has 110 valence electrons. The van der Waals surface area contributed by atoms with Gasteiger partial charge in [-0.2, -0.15) is 11.8 Å². The van der Waals surface area contributed by atoms with Crippen LogP contribution < -0.4 is 5.32 Å². The van der Waals surface area contributed by atoms with E-state index in [0.29, 0.717) is 6.04 Å². The van der Waals surface area contributed by atoms with Gasteiger partial charge in [0.2, 0.25) is 0 Å². The number of thioether (sulfide) groups is 1. The van der Waals surface area contributed by atoms with Crippen molar-refractivity contribution in [2.24, 2.45) is 0 Å². The SMILES string of the molecule is CCCNCc1cc(CN(C)C(C)CCSC)on1. The van der Waals surface area contributed by atoms with E-state index in [1.54, 1.807) is 0 Å². The Morgan fingerprint density at radius 2 is 2.32 bits per heavy atom. The fraction of sp³-hybridized carbons (Fsp3) is 0.786. The maximum atomic E-state index is 5.38. The highest BCUT2D eigenvalue weighted by Gasteiger charge is 2.12. The third-order valence-corrected chi connectivity index (χ3v) is 3.88. The lowest BCUT2D eigenvalue weighted by molar-refractivity contribution is 0.215. The molecule has 1 unspecified atom stereocenters. The second kappa shape index (κ2) is 9.39. The number of hydrogen-bond donors (Lipinski definition) is 1. The molecule has 1 atom stereocenters. The standard InChI is InChI=1S/C14H27N3OS/c1-5-7-15-10-13-9-14(18-16-13)11-17(3)12(2)6-8-19-4/h9,12,15H,5-8,10-11H2,1-4H3. The van der Waals surface area contributed by atoms with Crippen LogP contribution in [0.15, 0.2) is 10.6 Å². The summed E-state index contributed by atoms with van der Waals surface area (Å²) in [6.07, 6.45) is 4.50. The van der Waals surface area contributed by atoms with Crippen molar-refractivity contribution >= 4 is 11.8 Å². The van der Waals surface area contributed by atoms with Gasteiger partial charge in [0.15, 0.2) is 5.76 Å². The van der Waals surface area contributed by atoms with Gasteiger partial charge >= 0.3 is 0 Å². The quantitative estimate of drug-likeness (QED) is 0.670. The van der Waals surface area contributed by atoms with Gasteiger partial charge in [0.25, 0.3) is 0 Å². The predicted octanol–water partition coefficient (Wildman–Crippen LogP) is 2.75. The predicted molar refractivity (Wildman–Crippen MR) is 82.4 cm³/mol. The summed E-state index contributed by atoms with van der Waals surface area (Å²) in [7, 11) is 2.14. The Kier molecular flexibility index (Phi) is 8.18. The van der Waals surface area contributed by atoms with Crippen LogP contribution in [0.1, 0.15) is 38.1 Å². The molecule has 0 bridgehead atoms. The minimum atomic E-state index is 0.569. The lowest BCUT2D eigenvalue weighted by Crippen LogP contribution is -2.28. The number of aromatic nitrogens is 1. The van der Waals surface area contributed by atoms with Crippen LogP contribution in [0.4, 0.5) is 0 Å². The molecule has 0 fully saturated rings. The molecular weight excluding hydrogens is 258 g/mol. The van der Waals surface area contributed by atoms with E-state index in [9.17, 15) is 0 Å². The summed E-state index contributed by atoms with van der Waals surface area (Å²) in [6, 6.07) is 2.62. The van der Waals surface area contributed by atoms with E-state index in [1.165, 1.54) is 12.2 Å². The van der Waals surface area contributed by atoms with Crippen LogP contribution in [0, 0.1) is 0 Å². The average Bonchev–Trinajstić information content (AvgIpc) is 2.83. The average molecular weight is 285 g/mol. The van der Waals surface area contributed by atoms with Gasteiger partial charge < -0.3 is 9.84 Å². The summed E-state index contributed by atoms with van der Waals surface area (Å²) in [5, 5.41) is 7.42. The van der Waals surface area contributed by atoms with Crippen molar-refractivity contribution in [3.63, 3.8) is 0 Å². The smallest absolute Gasteiger partial charge is 0.151 e. The fourth-order valence-electron chi connectivity index (χ4n) is 1.82. The molecule has 0 saturated carbocycles. The Bertz CT molecular complexity index is 343. The van der Waals surface area contributed by atoms with Gasteiger partial charge in [0.1, 0.15) is 0 Å². The van der Waals surface area contributed by atoms with Gasteiger partial charge in [-0.25, -0.2) is 0 Å². The first-order valence-corrected chi connectivity index (χ1v) is 8.41. The molecule has 0 amide bonds. The highest BCUT2D eigenvalue weighted by molar-refractivity contribution is 7.98. The Hall–Kier alpha value is -0.520. The number of nitrogens with one attached hydrogen (secondary N) is 1. The maximum Gasteiger partial charge on any atom is 0.151 e. The van der Waals surface area contributed by atoms with Gasteiger partial charge in [0.05, 0.1) is 12.2 Å². The van der Waals surface area contributed by atoms with Crippen molar-refractivity contribution in [3.05, 3.63) is 17.5 Å². The molecule has 0 aliphatic rings. The van der Waals surface area contributed by atoms with Crippen LogP contribution in [0.5, 0.6) is 0 Å². The molecule has 4 nitrogen and oxygen atoms in total. The molecule has 1 aromatic heterocycles. The zero-order chi connectivity index (χ0) is 14.1. The maximum absolute atomic E-state index is 5.38. The van der Waals surface area contributed by atoms with Crippen molar-refractivity contribution in [3.8, 4) is 0 Å². The third kappa shape index (κ3) is 6.45. The molecule has 1 N–H and O–H groups in total. The zero-order valence-corrected chi connectivity index (χ0v) is 13.4. The molecule has 0 aliphatic carbocycles. The van der Waals surface area contributed by atoms with Crippen molar-refractivity contribution in [1.82, 2.24) is 15.4 Å². The van der Waals surface area contributed by atoms with E-state index in [2.05, 4.69) is 48.6 Å². The monoisotopic (exact) mass is 285 g/mol. The van der Waals surface area contributed by atoms with Crippen LogP contribution in [0.2, 0.25) is 0 Å². The molecular formula is C14H27N3OS. The van der Waals surface area contributed by atoms with E-state index >= 15 is 0 Å². The van der Waals surface area contributed by atoms with E-state index in [-0.39, 0.29) is 0 Å². The van der Waals surface area contributed by atoms with Gasteiger partial charge in [-0.3, -0.25) is 4.90 Å². The Morgan fingerprint density at radius 3 is 3.00 bits per heavy atom. The molecule has 0 saturated heterocycles. The number of rotatable bonds is 10. The van der Waals surface area contributed by atoms with Crippen LogP contribution in [0.25, 0.3) is 0 Å². The first-order valence-electron chi connectivity index (χ1n) is 7.01. The molecule has 0 radical (unpaired) electrons. The van der Waals surface area contributed by atoms with Gasteiger partial charge in [-0.1, -0.05) is 12.1 Å². The summed E-state index contributed by atoms with van der Waals surface area (Å²) >= 11 is 1.90. The minimum Gasteiger partial charge on any atom is -0.360 e. The Balaban J connectivity index is 2.35. The first-order chi connectivity index (χ1) is 9.17. The van der Waals surface area contributed by atoms with E-state index in [4.69, 9.17) is 4.52 Å². The molecule has 1 heterocycles. The van der Waals surface area contributed by atoms with Crippen molar-refractivity contribution in [2.75, 3.05) is 25.6 Å². The summed E-state index contributed by atoms with van der Waals surface area (Å²) in [6.45, 7) is 7.07. The van der Waals surface area contributed by atoms with Gasteiger partial charge in [0, 0.05) is 18.7 Å². The van der Waals surface area contributed by atoms with Gasteiger partial charge in [-0.05, 0) is 45.4 Å². The summed E-state index contributed by atoms with van der Waals surface area (Å²) in [5.41, 5.74) is 0.994. The highest BCUT2D eigenvalue weighted by atomic mass is 32.2. The highest BCUT2D eigenvalue weighted by Crippen LogP contribution is 2.11. The second-order valence-electron chi connectivity index (χ2n) is 5.01. The molecule has 0 spiro atoms. The molecule has 19 heavy (non-hydrogen) atoms. The molecule has 1 aromatic rings. The topological polar surface area (TPSA) is 41.3 Å². The van der Waals surface area contributed by atoms with Crippen LogP contribution in [-0.2, 0) is 13.1 Å². The molecule has 1 rings (SSSR count). The summed E-state index contributed by atoms with van der Waals surface area (Å²) in [5.74, 6) is 2.15. The minimum absolute atomic E-state index is 0.569. The largest absolute Gasteiger partial charge is 0.360 e. The Labute approximate surface area is 121 Å². The van der Waals surface area contributed by atoms with Crippen LogP contribution >= 0.6 is 11.8 Å². The normalized spacial score (nSPS) is 13.1. The van der Waals surface area contributed by atoms with Crippen LogP contribution in [-0.4, -0.2) is 41.7 Å². The van der Waals surface area contributed by atoms with E-state index < -0.39 is 0 Å². The van der Waals surface area contributed by atoms with E-state index in [0.717, 1.165) is 37.5 Å². The van der Waals surface area contributed by atoms with Crippen molar-refractivity contribution in [1.29, 1.82) is 0 Å². The van der Waals surface area contributed by atoms with Crippen LogP contribution in [0.3, 0.4) is 0 Å². The fourth-order valence-corrected chi connectivity index (χ4v) is 2.39. The first kappa shape index (κ1) is 16.5. The van der Waals surface area contributed by atoms with Gasteiger partial charge in [-0.15, -0.1) is 0 Å². The summed E-state index contributed by atoms with van der Waals surface area (Å²) in [4.78, 5) is 2.32. The number of hydrogen-bond acceptors (Lipinski definition) is 5. The lowest BCUT2D eigenvalue weighted by Gasteiger charge is -2.22. The lowest BCUT2D eigenvalue weighted by atomic mass is 10.2. The van der Waals surface area contributed by atoms with Crippen molar-refractivity contribution < 1.29 is 4.52 Å². The second-order valence-corrected chi connectivity index (χ2v) is 5.99. The Morgan fingerprint density at radius 1 is 1.53 bits per heavy atom. The molecule has 5 heteroatoms.